The van der Waals surface area contributed by atoms with Crippen LogP contribution >= 0.6 is 15.9 Å². The van der Waals surface area contributed by atoms with Crippen molar-refractivity contribution in [2.24, 2.45) is 0 Å². The summed E-state index contributed by atoms with van der Waals surface area (Å²) in [6.07, 6.45) is 0. The van der Waals surface area contributed by atoms with Gasteiger partial charge in [0.2, 0.25) is 0 Å². The molecule has 2 rings (SSSR count). The molecule has 112 valence electrons. The summed E-state index contributed by atoms with van der Waals surface area (Å²) in [7, 11) is 1.73. The number of methoxy groups -OCH3 is 1. The van der Waals surface area contributed by atoms with Gasteiger partial charge < -0.3 is 19.7 Å². The van der Waals surface area contributed by atoms with Crippen LogP contribution in [0.1, 0.15) is 12.5 Å². The summed E-state index contributed by atoms with van der Waals surface area (Å²) in [6, 6.07) is 6.83. The van der Waals surface area contributed by atoms with Crippen molar-refractivity contribution in [1.29, 1.82) is 0 Å². The first kappa shape index (κ1) is 15.8. The maximum Gasteiger partial charge on any atom is 0.0642 e. The van der Waals surface area contributed by atoms with Gasteiger partial charge in [0.1, 0.15) is 0 Å². The van der Waals surface area contributed by atoms with Crippen LogP contribution in [0.2, 0.25) is 0 Å². The highest BCUT2D eigenvalue weighted by atomic mass is 79.9. The van der Waals surface area contributed by atoms with Crippen LogP contribution in [0, 0.1) is 0 Å². The molecule has 4 nitrogen and oxygen atoms in total. The third kappa shape index (κ3) is 4.45. The van der Waals surface area contributed by atoms with E-state index in [1.165, 1.54) is 11.3 Å². The average Bonchev–Trinajstić information content (AvgIpc) is 2.47. The normalized spacial score (nSPS) is 17.2. The van der Waals surface area contributed by atoms with Gasteiger partial charge >= 0.3 is 0 Å². The van der Waals surface area contributed by atoms with Crippen molar-refractivity contribution in [2.45, 2.75) is 19.5 Å². The number of hydrogen-bond acceptors (Lipinski definition) is 4. The van der Waals surface area contributed by atoms with Crippen molar-refractivity contribution >= 4 is 21.6 Å². The second-order valence-electron chi connectivity index (χ2n) is 5.11. The molecule has 1 heterocycles. The van der Waals surface area contributed by atoms with Crippen molar-refractivity contribution < 1.29 is 9.47 Å². The Morgan fingerprint density at radius 1 is 1.40 bits per heavy atom. The smallest absolute Gasteiger partial charge is 0.0642 e. The van der Waals surface area contributed by atoms with E-state index >= 15 is 0 Å². The zero-order valence-corrected chi connectivity index (χ0v) is 13.8. The summed E-state index contributed by atoms with van der Waals surface area (Å²) in [4.78, 5) is 2.40. The predicted molar refractivity (Wildman–Crippen MR) is 85.4 cm³/mol. The second kappa shape index (κ2) is 7.98. The van der Waals surface area contributed by atoms with Crippen molar-refractivity contribution in [3.63, 3.8) is 0 Å². The first-order chi connectivity index (χ1) is 9.70. The van der Waals surface area contributed by atoms with Crippen LogP contribution in [0.5, 0.6) is 0 Å². The van der Waals surface area contributed by atoms with E-state index in [1.807, 2.05) is 0 Å². The fourth-order valence-electron chi connectivity index (χ4n) is 2.38. The molecule has 1 aromatic rings. The van der Waals surface area contributed by atoms with Crippen LogP contribution in [0.4, 0.5) is 5.69 Å². The molecular formula is C15H23BrN2O2. The van der Waals surface area contributed by atoms with E-state index in [0.717, 1.165) is 43.9 Å². The quantitative estimate of drug-likeness (QED) is 0.860. The molecule has 0 saturated carbocycles. The van der Waals surface area contributed by atoms with E-state index in [4.69, 9.17) is 9.47 Å². The van der Waals surface area contributed by atoms with Crippen molar-refractivity contribution in [3.8, 4) is 0 Å². The standard InChI is InChI=1S/C15H23BrN2O2/c1-12(11-19-2)17-10-13-3-4-14(16)9-15(13)18-5-7-20-8-6-18/h3-4,9,12,17H,5-8,10-11H2,1-2H3/t12-/m1/s1. The third-order valence-corrected chi connectivity index (χ3v) is 3.95. The van der Waals surface area contributed by atoms with Crippen molar-refractivity contribution in [2.75, 3.05) is 44.9 Å². The lowest BCUT2D eigenvalue weighted by Crippen LogP contribution is -2.37. The summed E-state index contributed by atoms with van der Waals surface area (Å²) in [5.74, 6) is 0. The molecule has 1 N–H and O–H groups in total. The summed E-state index contributed by atoms with van der Waals surface area (Å²) < 4.78 is 11.7. The van der Waals surface area contributed by atoms with Crippen LogP contribution in [0.15, 0.2) is 22.7 Å². The molecule has 1 fully saturated rings. The lowest BCUT2D eigenvalue weighted by molar-refractivity contribution is 0.122. The van der Waals surface area contributed by atoms with Gasteiger partial charge in [-0.15, -0.1) is 0 Å². The number of ether oxygens (including phenoxy) is 2. The van der Waals surface area contributed by atoms with E-state index in [9.17, 15) is 0 Å². The second-order valence-corrected chi connectivity index (χ2v) is 6.03. The zero-order chi connectivity index (χ0) is 14.4. The Morgan fingerprint density at radius 3 is 2.85 bits per heavy atom. The van der Waals surface area contributed by atoms with Gasteiger partial charge in [-0.05, 0) is 24.6 Å². The van der Waals surface area contributed by atoms with Crippen LogP contribution in [0.25, 0.3) is 0 Å². The summed E-state index contributed by atoms with van der Waals surface area (Å²) >= 11 is 3.57. The number of halogens is 1. The number of anilines is 1. The molecule has 0 bridgehead atoms. The topological polar surface area (TPSA) is 33.7 Å². The minimum absolute atomic E-state index is 0.348. The largest absolute Gasteiger partial charge is 0.383 e. The van der Waals surface area contributed by atoms with Gasteiger partial charge in [0.15, 0.2) is 0 Å². The van der Waals surface area contributed by atoms with E-state index < -0.39 is 0 Å². The van der Waals surface area contributed by atoms with Gasteiger partial charge in [-0.25, -0.2) is 0 Å². The Morgan fingerprint density at radius 2 is 2.15 bits per heavy atom. The van der Waals surface area contributed by atoms with Crippen LogP contribution in [0.3, 0.4) is 0 Å². The molecule has 0 aliphatic carbocycles. The van der Waals surface area contributed by atoms with Crippen LogP contribution < -0.4 is 10.2 Å². The average molecular weight is 343 g/mol. The Labute approximate surface area is 129 Å². The molecule has 1 aromatic carbocycles. The van der Waals surface area contributed by atoms with Gasteiger partial charge in [0.25, 0.3) is 0 Å². The maximum absolute atomic E-state index is 5.44. The van der Waals surface area contributed by atoms with Crippen molar-refractivity contribution in [3.05, 3.63) is 28.2 Å². The van der Waals surface area contributed by atoms with Crippen LogP contribution in [-0.2, 0) is 16.0 Å². The Balaban J connectivity index is 2.06. The highest BCUT2D eigenvalue weighted by molar-refractivity contribution is 9.10. The Hall–Kier alpha value is -0.620. The number of rotatable bonds is 6. The first-order valence-corrected chi connectivity index (χ1v) is 7.83. The summed E-state index contributed by atoms with van der Waals surface area (Å²) in [5, 5.41) is 3.50. The predicted octanol–water partition coefficient (Wildman–Crippen LogP) is 2.41. The molecule has 0 spiro atoms. The highest BCUT2D eigenvalue weighted by Gasteiger charge is 2.15. The minimum Gasteiger partial charge on any atom is -0.383 e. The highest BCUT2D eigenvalue weighted by Crippen LogP contribution is 2.26. The molecule has 1 saturated heterocycles. The van der Waals surface area contributed by atoms with Gasteiger partial charge in [0, 0.05) is 42.9 Å². The molecule has 0 amide bonds. The summed E-state index contributed by atoms with van der Waals surface area (Å²) in [6.45, 7) is 7.23. The molecule has 20 heavy (non-hydrogen) atoms. The van der Waals surface area contributed by atoms with Crippen LogP contribution in [-0.4, -0.2) is 46.1 Å². The maximum atomic E-state index is 5.44. The van der Waals surface area contributed by atoms with E-state index in [2.05, 4.69) is 51.3 Å². The molecule has 1 atom stereocenters. The van der Waals surface area contributed by atoms with Gasteiger partial charge in [-0.3, -0.25) is 0 Å². The number of benzene rings is 1. The molecule has 5 heteroatoms. The fourth-order valence-corrected chi connectivity index (χ4v) is 2.73. The number of nitrogens with zero attached hydrogens (tertiary/aromatic N) is 1. The fraction of sp³-hybridized carbons (Fsp3) is 0.600. The Bertz CT molecular complexity index is 422. The number of hydrogen-bond donors (Lipinski definition) is 1. The molecule has 0 unspecified atom stereocenters. The van der Waals surface area contributed by atoms with Gasteiger partial charge in [0.05, 0.1) is 19.8 Å². The van der Waals surface area contributed by atoms with Gasteiger partial charge in [-0.1, -0.05) is 22.0 Å². The zero-order valence-electron chi connectivity index (χ0n) is 12.2. The first-order valence-electron chi connectivity index (χ1n) is 7.04. The summed E-state index contributed by atoms with van der Waals surface area (Å²) in [5.41, 5.74) is 2.61. The molecule has 1 aliphatic rings. The third-order valence-electron chi connectivity index (χ3n) is 3.46. The van der Waals surface area contributed by atoms with Gasteiger partial charge in [-0.2, -0.15) is 0 Å². The minimum atomic E-state index is 0.348. The molecule has 0 radical (unpaired) electrons. The molecule has 1 aliphatic heterocycles. The molecule has 0 aromatic heterocycles. The van der Waals surface area contributed by atoms with E-state index in [1.54, 1.807) is 7.11 Å². The number of nitrogens with one attached hydrogen (secondary N) is 1. The SMILES string of the molecule is COC[C@@H](C)NCc1ccc(Br)cc1N1CCOCC1. The molecular weight excluding hydrogens is 320 g/mol. The number of morpholine rings is 1. The monoisotopic (exact) mass is 342 g/mol. The van der Waals surface area contributed by atoms with Crippen molar-refractivity contribution in [1.82, 2.24) is 5.32 Å². The lowest BCUT2D eigenvalue weighted by atomic mass is 10.1. The lowest BCUT2D eigenvalue weighted by Gasteiger charge is -2.31. The van der Waals surface area contributed by atoms with E-state index in [-0.39, 0.29) is 0 Å². The Kier molecular flexibility index (Phi) is 6.29. The van der Waals surface area contributed by atoms with E-state index in [0.29, 0.717) is 6.04 Å².